The maximum absolute atomic E-state index is 5.60. The number of halogens is 1. The summed E-state index contributed by atoms with van der Waals surface area (Å²) < 4.78 is 0.922. The van der Waals surface area contributed by atoms with Crippen LogP contribution < -0.4 is 11.5 Å². The summed E-state index contributed by atoms with van der Waals surface area (Å²) in [5.74, 6) is 0. The Morgan fingerprint density at radius 3 is 2.73 bits per heavy atom. The van der Waals surface area contributed by atoms with Crippen molar-refractivity contribution in [1.29, 1.82) is 0 Å². The number of aromatic nitrogens is 1. The fraction of sp³-hybridized carbons (Fsp3) is 0.286. The molecule has 0 atom stereocenters. The maximum Gasteiger partial charge on any atom is 0.103 e. The van der Waals surface area contributed by atoms with Crippen molar-refractivity contribution in [2.24, 2.45) is 5.73 Å². The lowest BCUT2D eigenvalue weighted by atomic mass is 10.2. The highest BCUT2D eigenvalue weighted by Gasteiger charge is 1.96. The predicted molar refractivity (Wildman–Crippen MR) is 54.1 cm³/mol. The van der Waals surface area contributed by atoms with Crippen LogP contribution in [0.5, 0.6) is 0 Å². The maximum atomic E-state index is 5.60. The summed E-state index contributed by atoms with van der Waals surface area (Å²) in [6.45, 7) is 0.618. The number of nitrogens with zero attached hydrogens (tertiary/aromatic N) is 1. The van der Waals surface area contributed by atoms with Crippen LogP contribution in [0.2, 0.25) is 0 Å². The van der Waals surface area contributed by atoms with Crippen LogP contribution in [0.1, 0.15) is 5.69 Å². The molecule has 0 aliphatic carbocycles. The van der Waals surface area contributed by atoms with Crippen molar-refractivity contribution in [3.05, 3.63) is 21.5 Å². The monoisotopic (exact) mass is 263 g/mol. The molecule has 11 heavy (non-hydrogen) atoms. The Labute approximate surface area is 79.3 Å². The molecule has 0 saturated heterocycles. The number of nitrogen functional groups attached to an aromatic ring is 1. The summed E-state index contributed by atoms with van der Waals surface area (Å²) in [4.78, 5) is 4.25. The van der Waals surface area contributed by atoms with Gasteiger partial charge in [0.1, 0.15) is 3.70 Å². The zero-order valence-electron chi connectivity index (χ0n) is 6.05. The Balaban J connectivity index is 2.89. The molecule has 0 aromatic carbocycles. The molecule has 0 aliphatic rings. The lowest BCUT2D eigenvalue weighted by Gasteiger charge is -2.00. The summed E-state index contributed by atoms with van der Waals surface area (Å²) in [5, 5.41) is 0. The molecular weight excluding hydrogens is 253 g/mol. The summed E-state index contributed by atoms with van der Waals surface area (Å²) in [6, 6.07) is 3.69. The first-order valence-corrected chi connectivity index (χ1v) is 4.42. The van der Waals surface area contributed by atoms with Gasteiger partial charge in [0.25, 0.3) is 0 Å². The van der Waals surface area contributed by atoms with E-state index in [1.165, 1.54) is 0 Å². The minimum absolute atomic E-state index is 0.618. The van der Waals surface area contributed by atoms with E-state index in [0.717, 1.165) is 21.5 Å². The smallest absolute Gasteiger partial charge is 0.103 e. The largest absolute Gasteiger partial charge is 0.399 e. The van der Waals surface area contributed by atoms with Crippen LogP contribution in [-0.4, -0.2) is 11.5 Å². The van der Waals surface area contributed by atoms with Gasteiger partial charge in [-0.2, -0.15) is 0 Å². The van der Waals surface area contributed by atoms with Crippen molar-refractivity contribution in [2.75, 3.05) is 12.3 Å². The van der Waals surface area contributed by atoms with Crippen molar-refractivity contribution in [1.82, 2.24) is 4.98 Å². The van der Waals surface area contributed by atoms with E-state index in [0.29, 0.717) is 6.54 Å². The average molecular weight is 263 g/mol. The predicted octanol–water partition coefficient (Wildman–Crippen LogP) is 0.770. The minimum Gasteiger partial charge on any atom is -0.399 e. The molecule has 60 valence electrons. The number of hydrogen-bond acceptors (Lipinski definition) is 3. The molecule has 0 fully saturated rings. The lowest BCUT2D eigenvalue weighted by Crippen LogP contribution is -2.05. The normalized spacial score (nSPS) is 10.0. The SMILES string of the molecule is NCCc1cc(N)cc(I)n1. The molecule has 0 amide bonds. The van der Waals surface area contributed by atoms with Gasteiger partial charge in [-0.15, -0.1) is 0 Å². The third-order valence-corrected chi connectivity index (χ3v) is 1.82. The minimum atomic E-state index is 0.618. The topological polar surface area (TPSA) is 64.9 Å². The number of nitrogens with two attached hydrogens (primary N) is 2. The van der Waals surface area contributed by atoms with Crippen molar-refractivity contribution in [3.8, 4) is 0 Å². The molecule has 0 aliphatic heterocycles. The highest BCUT2D eigenvalue weighted by atomic mass is 127. The second kappa shape index (κ2) is 3.87. The quantitative estimate of drug-likeness (QED) is 0.611. The molecule has 0 spiro atoms. The van der Waals surface area contributed by atoms with Gasteiger partial charge in [0, 0.05) is 17.8 Å². The molecule has 0 unspecified atom stereocenters. The lowest BCUT2D eigenvalue weighted by molar-refractivity contribution is 0.918. The summed E-state index contributed by atoms with van der Waals surface area (Å²) >= 11 is 2.14. The Bertz CT molecular complexity index is 229. The number of anilines is 1. The molecule has 4 N–H and O–H groups in total. The fourth-order valence-corrected chi connectivity index (χ4v) is 1.52. The summed E-state index contributed by atoms with van der Waals surface area (Å²) in [7, 11) is 0. The Morgan fingerprint density at radius 2 is 2.18 bits per heavy atom. The molecule has 0 saturated carbocycles. The summed E-state index contributed by atoms with van der Waals surface area (Å²) in [6.07, 6.45) is 0.793. The van der Waals surface area contributed by atoms with E-state index in [1.54, 1.807) is 0 Å². The number of hydrogen-bond donors (Lipinski definition) is 2. The van der Waals surface area contributed by atoms with E-state index < -0.39 is 0 Å². The Morgan fingerprint density at radius 1 is 1.45 bits per heavy atom. The summed E-state index contributed by atoms with van der Waals surface area (Å²) in [5.41, 5.74) is 12.7. The van der Waals surface area contributed by atoms with Gasteiger partial charge in [-0.3, -0.25) is 0 Å². The van der Waals surface area contributed by atoms with Crippen LogP contribution in [0, 0.1) is 3.70 Å². The first-order chi connectivity index (χ1) is 5.22. The zero-order valence-corrected chi connectivity index (χ0v) is 8.21. The Kier molecular flexibility index (Phi) is 3.07. The highest BCUT2D eigenvalue weighted by Crippen LogP contribution is 2.09. The van der Waals surface area contributed by atoms with Crippen LogP contribution in [0.3, 0.4) is 0 Å². The molecule has 0 radical (unpaired) electrons. The standard InChI is InChI=1S/C7H10IN3/c8-7-4-5(10)3-6(11-7)1-2-9/h3-4H,1-2,9H2,(H2,10,11). The van der Waals surface area contributed by atoms with Crippen LogP contribution in [0.4, 0.5) is 5.69 Å². The first-order valence-electron chi connectivity index (χ1n) is 3.34. The van der Waals surface area contributed by atoms with E-state index in [9.17, 15) is 0 Å². The van der Waals surface area contributed by atoms with Crippen molar-refractivity contribution in [2.45, 2.75) is 6.42 Å². The van der Waals surface area contributed by atoms with E-state index in [-0.39, 0.29) is 0 Å². The molecule has 1 aromatic heterocycles. The van der Waals surface area contributed by atoms with Crippen molar-refractivity contribution in [3.63, 3.8) is 0 Å². The second-order valence-corrected chi connectivity index (χ2v) is 3.36. The fourth-order valence-electron chi connectivity index (χ4n) is 0.849. The van der Waals surface area contributed by atoms with E-state index in [1.807, 2.05) is 12.1 Å². The van der Waals surface area contributed by atoms with Crippen LogP contribution >= 0.6 is 22.6 Å². The van der Waals surface area contributed by atoms with Crippen molar-refractivity contribution >= 4 is 28.3 Å². The molecule has 1 heterocycles. The first kappa shape index (κ1) is 8.73. The Hall–Kier alpha value is -0.360. The molecule has 1 rings (SSSR count). The molecule has 0 bridgehead atoms. The van der Waals surface area contributed by atoms with Crippen molar-refractivity contribution < 1.29 is 0 Å². The van der Waals surface area contributed by atoms with Crippen LogP contribution in [0.25, 0.3) is 0 Å². The van der Waals surface area contributed by atoms with E-state index in [2.05, 4.69) is 27.6 Å². The van der Waals surface area contributed by atoms with Gasteiger partial charge < -0.3 is 11.5 Å². The zero-order chi connectivity index (χ0) is 8.27. The second-order valence-electron chi connectivity index (χ2n) is 2.25. The van der Waals surface area contributed by atoms with Crippen LogP contribution in [-0.2, 0) is 6.42 Å². The van der Waals surface area contributed by atoms with Gasteiger partial charge in [0.15, 0.2) is 0 Å². The molecule has 4 heteroatoms. The third kappa shape index (κ3) is 2.63. The molecule has 3 nitrogen and oxygen atoms in total. The highest BCUT2D eigenvalue weighted by molar-refractivity contribution is 14.1. The van der Waals surface area contributed by atoms with Gasteiger partial charge in [0.2, 0.25) is 0 Å². The third-order valence-electron chi connectivity index (χ3n) is 1.27. The van der Waals surface area contributed by atoms with E-state index in [4.69, 9.17) is 11.5 Å². The molecule has 1 aromatic rings. The average Bonchev–Trinajstić information content (AvgIpc) is 1.85. The van der Waals surface area contributed by atoms with Crippen LogP contribution in [0.15, 0.2) is 12.1 Å². The van der Waals surface area contributed by atoms with Gasteiger partial charge >= 0.3 is 0 Å². The van der Waals surface area contributed by atoms with Gasteiger partial charge in [-0.05, 0) is 41.3 Å². The number of pyridine rings is 1. The van der Waals surface area contributed by atoms with Gasteiger partial charge in [-0.25, -0.2) is 4.98 Å². The van der Waals surface area contributed by atoms with E-state index >= 15 is 0 Å². The molecular formula is C7H10IN3. The number of rotatable bonds is 2. The van der Waals surface area contributed by atoms with Gasteiger partial charge in [0.05, 0.1) is 0 Å². The van der Waals surface area contributed by atoms with Gasteiger partial charge in [-0.1, -0.05) is 0 Å².